The van der Waals surface area contributed by atoms with Gasteiger partial charge in [0.2, 0.25) is 11.8 Å². The van der Waals surface area contributed by atoms with Crippen LogP contribution in [0.2, 0.25) is 0 Å². The fourth-order valence-electron chi connectivity index (χ4n) is 6.97. The fraction of sp³-hybridized carbons (Fsp3) is 0.438. The monoisotopic (exact) mass is 634 g/mol. The number of carbonyl (C=O) groups excluding carboxylic acids is 1. The molecule has 0 radical (unpaired) electrons. The number of hydrogen-bond acceptors (Lipinski definition) is 11. The van der Waals surface area contributed by atoms with Crippen molar-refractivity contribution >= 4 is 34.7 Å². The van der Waals surface area contributed by atoms with Gasteiger partial charge in [-0.05, 0) is 49.1 Å². The lowest BCUT2D eigenvalue weighted by Gasteiger charge is -2.41. The van der Waals surface area contributed by atoms with E-state index in [9.17, 15) is 13.6 Å². The summed E-state index contributed by atoms with van der Waals surface area (Å²) in [6, 6.07) is 7.41. The third-order valence-corrected chi connectivity index (χ3v) is 9.10. The maximum Gasteiger partial charge on any atom is 0.247 e. The first-order valence-electron chi connectivity index (χ1n) is 15.5. The molecule has 3 atom stereocenters. The summed E-state index contributed by atoms with van der Waals surface area (Å²) in [6.07, 6.45) is 6.54. The molecular weight excluding hydrogens is 598 g/mol. The van der Waals surface area contributed by atoms with Gasteiger partial charge in [-0.2, -0.15) is 4.98 Å². The lowest BCUT2D eigenvalue weighted by Crippen LogP contribution is -2.49. The van der Waals surface area contributed by atoms with E-state index in [0.29, 0.717) is 71.5 Å². The van der Waals surface area contributed by atoms with Gasteiger partial charge in [-0.1, -0.05) is 6.58 Å². The number of amides is 1. The molecule has 0 aliphatic carbocycles. The Morgan fingerprint density at radius 1 is 1.07 bits per heavy atom. The Morgan fingerprint density at radius 3 is 2.57 bits per heavy atom. The number of likely N-dealkylation sites (tertiary alicyclic amines) is 1. The Balaban J connectivity index is 1.12. The second kappa shape index (κ2) is 12.8. The van der Waals surface area contributed by atoms with Gasteiger partial charge in [-0.3, -0.25) is 14.5 Å². The Morgan fingerprint density at radius 2 is 1.87 bits per heavy atom. The maximum atomic E-state index is 14.0. The van der Waals surface area contributed by atoms with Crippen molar-refractivity contribution in [1.29, 1.82) is 0 Å². The van der Waals surface area contributed by atoms with E-state index >= 15 is 0 Å². The van der Waals surface area contributed by atoms with Crippen molar-refractivity contribution in [3.8, 4) is 5.88 Å². The second-order valence-electron chi connectivity index (χ2n) is 11.9. The number of morpholine rings is 1. The molecule has 2 N–H and O–H groups in total. The summed E-state index contributed by atoms with van der Waals surface area (Å²) in [5.41, 5.74) is 1.41. The second-order valence-corrected chi connectivity index (χ2v) is 11.9. The molecule has 2 bridgehead atoms. The number of nitrogens with one attached hydrogen (secondary N) is 2. The van der Waals surface area contributed by atoms with Crippen LogP contribution in [-0.4, -0.2) is 83.9 Å². The summed E-state index contributed by atoms with van der Waals surface area (Å²) < 4.78 is 39.5. The minimum absolute atomic E-state index is 0.313. The van der Waals surface area contributed by atoms with Crippen LogP contribution >= 0.6 is 0 Å². The van der Waals surface area contributed by atoms with Gasteiger partial charge in [0.1, 0.15) is 29.5 Å². The molecule has 242 valence electrons. The quantitative estimate of drug-likeness (QED) is 0.327. The summed E-state index contributed by atoms with van der Waals surface area (Å²) in [5, 5.41) is 7.66. The molecule has 6 heterocycles. The molecule has 7 rings (SSSR count). The number of piperidine rings is 1. The number of halogens is 2. The van der Waals surface area contributed by atoms with Crippen molar-refractivity contribution in [3.63, 3.8) is 0 Å². The average Bonchev–Trinajstić information content (AvgIpc) is 3.83. The fourth-order valence-corrected chi connectivity index (χ4v) is 6.97. The molecule has 46 heavy (non-hydrogen) atoms. The Kier molecular flexibility index (Phi) is 8.40. The molecule has 0 spiro atoms. The number of ether oxygens (including phenoxy) is 2. The van der Waals surface area contributed by atoms with E-state index in [1.165, 1.54) is 36.7 Å². The van der Waals surface area contributed by atoms with Crippen LogP contribution in [0.3, 0.4) is 0 Å². The molecule has 3 aromatic rings. The number of methoxy groups -OCH3 is 1. The third-order valence-electron chi connectivity index (χ3n) is 9.10. The summed E-state index contributed by atoms with van der Waals surface area (Å²) >= 11 is 0. The van der Waals surface area contributed by atoms with Crippen LogP contribution in [-0.2, 0) is 14.4 Å². The summed E-state index contributed by atoms with van der Waals surface area (Å²) in [4.78, 5) is 36.6. The highest BCUT2D eigenvalue weighted by molar-refractivity contribution is 6.01. The summed E-state index contributed by atoms with van der Waals surface area (Å²) in [7, 11) is 1.53. The van der Waals surface area contributed by atoms with Gasteiger partial charge < -0.3 is 25.0 Å². The standard InChI is InChI=1S/C32H36F2N8O4/c1-3-30(43)38-25-14-26(32(44-2)39-31(25)40-7-4-22(5-8-40)41-16-24-13-23(41)17-45-24)37-28-15-29(36-18-35-28)42-27(6-9-46-42)19-10-20(33)12-21(34)11-19/h3,10-12,14-15,18,22-24,27H,1,4-9,13,16-17H2,2H3,(H,38,43)(H,35,36,37)/t23-,24-,27-/m1/s1. The summed E-state index contributed by atoms with van der Waals surface area (Å²) in [5.74, 6) is 0.0313. The van der Waals surface area contributed by atoms with Crippen LogP contribution in [0.25, 0.3) is 0 Å². The first kappa shape index (κ1) is 30.3. The Hall–Kier alpha value is -4.40. The number of fused-ring (bicyclic) bond motifs is 2. The largest absolute Gasteiger partial charge is 0.479 e. The highest BCUT2D eigenvalue weighted by Crippen LogP contribution is 2.39. The minimum atomic E-state index is -0.660. The molecule has 0 unspecified atom stereocenters. The topological polar surface area (TPSA) is 117 Å². The third kappa shape index (κ3) is 6.07. The first-order valence-corrected chi connectivity index (χ1v) is 15.5. The van der Waals surface area contributed by atoms with Crippen molar-refractivity contribution in [2.75, 3.05) is 60.6 Å². The number of rotatable bonds is 9. The lowest BCUT2D eigenvalue weighted by atomic mass is 10.0. The first-order chi connectivity index (χ1) is 22.4. The number of pyridine rings is 1. The smallest absolute Gasteiger partial charge is 0.247 e. The van der Waals surface area contributed by atoms with Gasteiger partial charge >= 0.3 is 0 Å². The van der Waals surface area contributed by atoms with Crippen molar-refractivity contribution in [3.05, 3.63) is 66.5 Å². The number of hydroxylamine groups is 1. The van der Waals surface area contributed by atoms with Crippen molar-refractivity contribution in [2.45, 2.75) is 49.9 Å². The molecule has 1 aromatic carbocycles. The number of benzene rings is 1. The van der Waals surface area contributed by atoms with Gasteiger partial charge in [0.25, 0.3) is 0 Å². The van der Waals surface area contributed by atoms with E-state index in [1.807, 2.05) is 0 Å². The number of hydrogen-bond donors (Lipinski definition) is 2. The molecule has 14 heteroatoms. The van der Waals surface area contributed by atoms with Gasteiger partial charge in [-0.15, -0.1) is 0 Å². The Labute approximate surface area is 265 Å². The van der Waals surface area contributed by atoms with E-state index < -0.39 is 17.7 Å². The SMILES string of the molecule is C=CC(=O)Nc1cc(Nc2cc(N3OCC[C@@H]3c3cc(F)cc(F)c3)ncn2)c(OC)nc1N1CCC(N2C[C@H]3C[C@@H]2CO3)CC1. The Bertz CT molecular complexity index is 1600. The number of aromatic nitrogens is 3. The molecule has 4 fully saturated rings. The van der Waals surface area contributed by atoms with E-state index in [4.69, 9.17) is 19.3 Å². The number of carbonyl (C=O) groups is 1. The van der Waals surface area contributed by atoms with Crippen LogP contribution in [0.5, 0.6) is 5.88 Å². The van der Waals surface area contributed by atoms with E-state index in [1.54, 1.807) is 12.1 Å². The zero-order valence-electron chi connectivity index (χ0n) is 25.5. The average molecular weight is 635 g/mol. The van der Waals surface area contributed by atoms with Crippen LogP contribution in [0.4, 0.5) is 37.6 Å². The van der Waals surface area contributed by atoms with E-state index in [2.05, 4.69) is 37.0 Å². The lowest BCUT2D eigenvalue weighted by molar-refractivity contribution is -0.111. The zero-order valence-corrected chi connectivity index (χ0v) is 25.5. The normalized spacial score (nSPS) is 23.2. The predicted octanol–water partition coefficient (Wildman–Crippen LogP) is 4.35. The van der Waals surface area contributed by atoms with E-state index in [-0.39, 0.29) is 5.91 Å². The van der Waals surface area contributed by atoms with Crippen molar-refractivity contribution < 1.29 is 27.9 Å². The van der Waals surface area contributed by atoms with Gasteiger partial charge in [0.15, 0.2) is 11.6 Å². The van der Waals surface area contributed by atoms with E-state index in [0.717, 1.165) is 51.6 Å². The molecule has 4 aliphatic rings. The minimum Gasteiger partial charge on any atom is -0.479 e. The van der Waals surface area contributed by atoms with Crippen LogP contribution in [0.15, 0.2) is 49.3 Å². The van der Waals surface area contributed by atoms with Crippen LogP contribution in [0, 0.1) is 11.6 Å². The molecule has 4 aliphatic heterocycles. The molecular formula is C32H36F2N8O4. The van der Waals surface area contributed by atoms with Crippen molar-refractivity contribution in [2.24, 2.45) is 0 Å². The highest BCUT2D eigenvalue weighted by Gasteiger charge is 2.43. The molecule has 12 nitrogen and oxygen atoms in total. The molecule has 0 saturated carbocycles. The molecule has 2 aromatic heterocycles. The van der Waals surface area contributed by atoms with Gasteiger partial charge in [-0.25, -0.2) is 23.8 Å². The number of nitrogens with zero attached hydrogens (tertiary/aromatic N) is 6. The van der Waals surface area contributed by atoms with Crippen LogP contribution < -0.4 is 25.3 Å². The molecule has 4 saturated heterocycles. The summed E-state index contributed by atoms with van der Waals surface area (Å²) in [6.45, 7) is 7.34. The molecule has 1 amide bonds. The van der Waals surface area contributed by atoms with Crippen LogP contribution in [0.1, 0.15) is 37.3 Å². The van der Waals surface area contributed by atoms with Gasteiger partial charge in [0, 0.05) is 50.3 Å². The zero-order chi connectivity index (χ0) is 31.8. The highest BCUT2D eigenvalue weighted by atomic mass is 19.1. The number of anilines is 5. The predicted molar refractivity (Wildman–Crippen MR) is 167 cm³/mol. The van der Waals surface area contributed by atoms with Crippen molar-refractivity contribution in [1.82, 2.24) is 19.9 Å². The maximum absolute atomic E-state index is 14.0. The van der Waals surface area contributed by atoms with Gasteiger partial charge in [0.05, 0.1) is 38.2 Å².